The first-order valence-corrected chi connectivity index (χ1v) is 5.17. The second kappa shape index (κ2) is 4.83. The highest BCUT2D eigenvalue weighted by Crippen LogP contribution is 2.16. The van der Waals surface area contributed by atoms with Crippen LogP contribution in [0.25, 0.3) is 0 Å². The lowest BCUT2D eigenvalue weighted by atomic mass is 9.91. The molecule has 1 aliphatic heterocycles. The molecule has 0 bridgehead atoms. The zero-order chi connectivity index (χ0) is 8.97. The molecule has 1 rings (SSSR count). The van der Waals surface area contributed by atoms with E-state index in [1.54, 1.807) is 0 Å². The topological polar surface area (TPSA) is 24.1 Å². The lowest BCUT2D eigenvalue weighted by molar-refractivity contribution is 0.282. The van der Waals surface area contributed by atoms with Crippen LogP contribution < -0.4 is 10.6 Å². The summed E-state index contributed by atoms with van der Waals surface area (Å²) in [6.07, 6.45) is 2.67. The summed E-state index contributed by atoms with van der Waals surface area (Å²) in [4.78, 5) is 0. The average molecular weight is 170 g/mol. The maximum Gasteiger partial charge on any atom is 0.00703 e. The van der Waals surface area contributed by atoms with Crippen LogP contribution in [0.1, 0.15) is 33.6 Å². The second-order valence-corrected chi connectivity index (χ2v) is 4.20. The van der Waals surface area contributed by atoms with Crippen LogP contribution in [0.2, 0.25) is 0 Å². The van der Waals surface area contributed by atoms with Crippen molar-refractivity contribution in [2.45, 2.75) is 45.7 Å². The minimum Gasteiger partial charge on any atom is -0.317 e. The fourth-order valence-corrected chi connectivity index (χ4v) is 2.01. The van der Waals surface area contributed by atoms with Crippen molar-refractivity contribution in [3.05, 3.63) is 0 Å². The van der Waals surface area contributed by atoms with Gasteiger partial charge in [-0.3, -0.25) is 0 Å². The minimum absolute atomic E-state index is 0.620. The molecule has 0 amide bonds. The summed E-state index contributed by atoms with van der Waals surface area (Å²) in [5.74, 6) is 0.883. The molecular formula is C10H22N2. The largest absolute Gasteiger partial charge is 0.317 e. The first-order valence-electron chi connectivity index (χ1n) is 5.17. The Hall–Kier alpha value is -0.0800. The predicted molar refractivity (Wildman–Crippen MR) is 53.3 cm³/mol. The van der Waals surface area contributed by atoms with E-state index < -0.39 is 0 Å². The predicted octanol–water partition coefficient (Wildman–Crippen LogP) is 1.37. The van der Waals surface area contributed by atoms with Crippen LogP contribution in [0.4, 0.5) is 0 Å². The lowest BCUT2D eigenvalue weighted by Crippen LogP contribution is -2.42. The van der Waals surface area contributed by atoms with Crippen molar-refractivity contribution in [2.75, 3.05) is 13.1 Å². The third-order valence-corrected chi connectivity index (χ3v) is 2.69. The van der Waals surface area contributed by atoms with Gasteiger partial charge in [0, 0.05) is 12.1 Å². The van der Waals surface area contributed by atoms with Crippen molar-refractivity contribution in [1.29, 1.82) is 0 Å². The Labute approximate surface area is 76.1 Å². The second-order valence-electron chi connectivity index (χ2n) is 4.20. The quantitative estimate of drug-likeness (QED) is 0.668. The molecule has 0 aromatic heterocycles. The third kappa shape index (κ3) is 3.11. The summed E-state index contributed by atoms with van der Waals surface area (Å²) >= 11 is 0. The number of hydrogen-bond acceptors (Lipinski definition) is 2. The van der Waals surface area contributed by atoms with Crippen molar-refractivity contribution >= 4 is 0 Å². The zero-order valence-electron chi connectivity index (χ0n) is 8.56. The van der Waals surface area contributed by atoms with Gasteiger partial charge < -0.3 is 10.6 Å². The SMILES string of the molecule is CC(C)N[C@@H](C)C1CCNCC1. The summed E-state index contributed by atoms with van der Waals surface area (Å²) < 4.78 is 0. The van der Waals surface area contributed by atoms with Crippen LogP contribution >= 0.6 is 0 Å². The van der Waals surface area contributed by atoms with Gasteiger partial charge in [-0.15, -0.1) is 0 Å². The summed E-state index contributed by atoms with van der Waals surface area (Å²) in [5.41, 5.74) is 0. The number of rotatable bonds is 3. The van der Waals surface area contributed by atoms with Gasteiger partial charge in [-0.25, -0.2) is 0 Å². The molecule has 0 aromatic rings. The fourth-order valence-electron chi connectivity index (χ4n) is 2.01. The maximum atomic E-state index is 3.58. The van der Waals surface area contributed by atoms with Crippen LogP contribution in [0.15, 0.2) is 0 Å². The standard InChI is InChI=1S/C10H22N2/c1-8(2)12-9(3)10-4-6-11-7-5-10/h8-12H,4-7H2,1-3H3/t9-/m0/s1. The highest BCUT2D eigenvalue weighted by Gasteiger charge is 2.19. The molecule has 1 saturated heterocycles. The molecule has 1 heterocycles. The van der Waals surface area contributed by atoms with Crippen LogP contribution in [0, 0.1) is 5.92 Å². The monoisotopic (exact) mass is 170 g/mol. The fraction of sp³-hybridized carbons (Fsp3) is 1.00. The first kappa shape index (κ1) is 10.0. The molecule has 1 atom stereocenters. The molecule has 1 fully saturated rings. The Morgan fingerprint density at radius 3 is 2.25 bits per heavy atom. The van der Waals surface area contributed by atoms with E-state index in [0.717, 1.165) is 5.92 Å². The van der Waals surface area contributed by atoms with E-state index in [4.69, 9.17) is 0 Å². The van der Waals surface area contributed by atoms with E-state index in [0.29, 0.717) is 12.1 Å². The van der Waals surface area contributed by atoms with E-state index in [-0.39, 0.29) is 0 Å². The summed E-state index contributed by atoms with van der Waals surface area (Å²) in [6.45, 7) is 9.16. The maximum absolute atomic E-state index is 3.58. The third-order valence-electron chi connectivity index (χ3n) is 2.69. The van der Waals surface area contributed by atoms with Gasteiger partial charge in [0.25, 0.3) is 0 Å². The zero-order valence-corrected chi connectivity index (χ0v) is 8.56. The molecule has 0 saturated carbocycles. The lowest BCUT2D eigenvalue weighted by Gasteiger charge is -2.30. The van der Waals surface area contributed by atoms with E-state index in [1.165, 1.54) is 25.9 Å². The Morgan fingerprint density at radius 1 is 1.17 bits per heavy atom. The smallest absolute Gasteiger partial charge is 0.00703 e. The van der Waals surface area contributed by atoms with Gasteiger partial charge in [0.05, 0.1) is 0 Å². The van der Waals surface area contributed by atoms with Crippen molar-refractivity contribution in [3.8, 4) is 0 Å². The van der Waals surface area contributed by atoms with Crippen LogP contribution in [0.5, 0.6) is 0 Å². The molecular weight excluding hydrogens is 148 g/mol. The molecule has 0 unspecified atom stereocenters. The van der Waals surface area contributed by atoms with Crippen molar-refractivity contribution in [3.63, 3.8) is 0 Å². The summed E-state index contributed by atoms with van der Waals surface area (Å²) in [6, 6.07) is 1.31. The molecule has 0 aliphatic carbocycles. The molecule has 0 radical (unpaired) electrons. The number of hydrogen-bond donors (Lipinski definition) is 2. The average Bonchev–Trinajstić information content (AvgIpc) is 2.05. The van der Waals surface area contributed by atoms with E-state index in [9.17, 15) is 0 Å². The van der Waals surface area contributed by atoms with Gasteiger partial charge in [0.2, 0.25) is 0 Å². The highest BCUT2D eigenvalue weighted by atomic mass is 15.0. The Morgan fingerprint density at radius 2 is 1.75 bits per heavy atom. The first-order chi connectivity index (χ1) is 5.70. The van der Waals surface area contributed by atoms with Crippen LogP contribution in [0.3, 0.4) is 0 Å². The van der Waals surface area contributed by atoms with Crippen LogP contribution in [-0.2, 0) is 0 Å². The van der Waals surface area contributed by atoms with Gasteiger partial charge in [0.15, 0.2) is 0 Å². The highest BCUT2D eigenvalue weighted by molar-refractivity contribution is 4.78. The van der Waals surface area contributed by atoms with Crippen molar-refractivity contribution < 1.29 is 0 Å². The molecule has 2 nitrogen and oxygen atoms in total. The van der Waals surface area contributed by atoms with Gasteiger partial charge in [-0.2, -0.15) is 0 Å². The molecule has 0 spiro atoms. The van der Waals surface area contributed by atoms with Gasteiger partial charge in [-0.1, -0.05) is 13.8 Å². The summed E-state index contributed by atoms with van der Waals surface area (Å²) in [7, 11) is 0. The molecule has 2 N–H and O–H groups in total. The van der Waals surface area contributed by atoms with Crippen molar-refractivity contribution in [2.24, 2.45) is 5.92 Å². The van der Waals surface area contributed by atoms with Crippen LogP contribution in [-0.4, -0.2) is 25.2 Å². The molecule has 0 aromatic carbocycles. The molecule has 72 valence electrons. The number of nitrogens with one attached hydrogen (secondary N) is 2. The number of piperidine rings is 1. The summed E-state index contributed by atoms with van der Waals surface area (Å²) in [5, 5.41) is 6.98. The van der Waals surface area contributed by atoms with E-state index in [1.807, 2.05) is 0 Å². The molecule has 12 heavy (non-hydrogen) atoms. The van der Waals surface area contributed by atoms with Crippen molar-refractivity contribution in [1.82, 2.24) is 10.6 Å². The Bertz CT molecular complexity index is 117. The molecule has 1 aliphatic rings. The Balaban J connectivity index is 2.24. The van der Waals surface area contributed by atoms with E-state index >= 15 is 0 Å². The van der Waals surface area contributed by atoms with Gasteiger partial charge >= 0.3 is 0 Å². The molecule has 2 heteroatoms. The Kier molecular flexibility index (Phi) is 4.02. The van der Waals surface area contributed by atoms with Gasteiger partial charge in [-0.05, 0) is 38.8 Å². The minimum atomic E-state index is 0.620. The normalized spacial score (nSPS) is 23.0. The van der Waals surface area contributed by atoms with Gasteiger partial charge in [0.1, 0.15) is 0 Å². The van der Waals surface area contributed by atoms with E-state index in [2.05, 4.69) is 31.4 Å².